The van der Waals surface area contributed by atoms with Gasteiger partial charge in [0.05, 0.1) is 5.52 Å². The zero-order valence-electron chi connectivity index (χ0n) is 21.4. The third kappa shape index (κ3) is 3.55. The number of rotatable bonds is 3. The minimum absolute atomic E-state index is 1.16. The van der Waals surface area contributed by atoms with E-state index in [4.69, 9.17) is 0 Å². The molecule has 39 heavy (non-hydrogen) atoms. The van der Waals surface area contributed by atoms with Crippen molar-refractivity contribution in [2.75, 3.05) is 0 Å². The molecule has 1 nitrogen and oxygen atoms in total. The van der Waals surface area contributed by atoms with Gasteiger partial charge in [-0.2, -0.15) is 0 Å². The Hall–Kier alpha value is -5.14. The van der Waals surface area contributed by atoms with Crippen molar-refractivity contribution in [2.45, 2.75) is 0 Å². The van der Waals surface area contributed by atoms with E-state index in [0.29, 0.717) is 0 Å². The van der Waals surface area contributed by atoms with E-state index in [1.165, 1.54) is 71.2 Å². The molecule has 0 atom stereocenters. The first kappa shape index (κ1) is 21.9. The number of fused-ring (bicyclic) bond motifs is 6. The van der Waals surface area contributed by atoms with Gasteiger partial charge in [0, 0.05) is 21.9 Å². The molecule has 1 heterocycles. The molecule has 0 fully saturated rings. The van der Waals surface area contributed by atoms with Gasteiger partial charge in [0.25, 0.3) is 0 Å². The first-order valence-corrected chi connectivity index (χ1v) is 13.4. The molecular weight excluding hydrogens is 470 g/mol. The van der Waals surface area contributed by atoms with Crippen molar-refractivity contribution in [3.8, 4) is 33.4 Å². The van der Waals surface area contributed by atoms with Crippen molar-refractivity contribution in [3.63, 3.8) is 0 Å². The number of aromatic amines is 1. The number of benzene rings is 7. The topological polar surface area (TPSA) is 15.8 Å². The molecule has 1 heteroatoms. The molecule has 0 saturated carbocycles. The van der Waals surface area contributed by atoms with Gasteiger partial charge in [0.2, 0.25) is 0 Å². The predicted molar refractivity (Wildman–Crippen MR) is 167 cm³/mol. The molecule has 0 saturated heterocycles. The number of hydrogen-bond donors (Lipinski definition) is 1. The summed E-state index contributed by atoms with van der Waals surface area (Å²) < 4.78 is 0. The SMILES string of the molecule is c1ccc(-c2cc(-c3cccc(-c4cc5ccccc5c5ccccc45)c3)c3[nH]c4ccccc4c3c2)cc1. The van der Waals surface area contributed by atoms with Gasteiger partial charge in [-0.25, -0.2) is 0 Å². The zero-order chi connectivity index (χ0) is 25.8. The first-order valence-electron chi connectivity index (χ1n) is 13.4. The van der Waals surface area contributed by atoms with Crippen molar-refractivity contribution < 1.29 is 0 Å². The Labute approximate surface area is 227 Å². The monoisotopic (exact) mass is 495 g/mol. The molecule has 0 unspecified atom stereocenters. The lowest BCUT2D eigenvalue weighted by atomic mass is 9.90. The molecule has 8 aromatic rings. The van der Waals surface area contributed by atoms with Crippen LogP contribution in [0.25, 0.3) is 76.7 Å². The highest BCUT2D eigenvalue weighted by molar-refractivity contribution is 6.15. The predicted octanol–water partition coefficient (Wildman–Crippen LogP) is 10.6. The van der Waals surface area contributed by atoms with Crippen LogP contribution >= 0.6 is 0 Å². The molecular formula is C38H25N. The average Bonchev–Trinajstić information content (AvgIpc) is 3.39. The summed E-state index contributed by atoms with van der Waals surface area (Å²) in [6.45, 7) is 0. The highest BCUT2D eigenvalue weighted by atomic mass is 14.7. The molecule has 182 valence electrons. The van der Waals surface area contributed by atoms with Gasteiger partial charge in [-0.15, -0.1) is 0 Å². The molecule has 0 aliphatic heterocycles. The van der Waals surface area contributed by atoms with Gasteiger partial charge >= 0.3 is 0 Å². The largest absolute Gasteiger partial charge is 0.354 e. The number of H-pyrrole nitrogens is 1. The normalized spacial score (nSPS) is 11.6. The third-order valence-corrected chi connectivity index (χ3v) is 7.97. The minimum atomic E-state index is 1.16. The smallest absolute Gasteiger partial charge is 0.0544 e. The third-order valence-electron chi connectivity index (χ3n) is 7.97. The second-order valence-electron chi connectivity index (χ2n) is 10.3. The second-order valence-corrected chi connectivity index (χ2v) is 10.3. The van der Waals surface area contributed by atoms with Crippen LogP contribution in [-0.2, 0) is 0 Å². The Morgan fingerprint density at radius 3 is 1.82 bits per heavy atom. The fraction of sp³-hybridized carbons (Fsp3) is 0. The van der Waals surface area contributed by atoms with Crippen molar-refractivity contribution >= 4 is 43.4 Å². The second kappa shape index (κ2) is 8.72. The minimum Gasteiger partial charge on any atom is -0.354 e. The summed E-state index contributed by atoms with van der Waals surface area (Å²) in [6.07, 6.45) is 0. The lowest BCUT2D eigenvalue weighted by molar-refractivity contribution is 1.53. The van der Waals surface area contributed by atoms with E-state index in [2.05, 4.69) is 151 Å². The summed E-state index contributed by atoms with van der Waals surface area (Å²) >= 11 is 0. The molecule has 1 aromatic heterocycles. The number of aromatic nitrogens is 1. The molecule has 0 radical (unpaired) electrons. The Balaban J connectivity index is 1.40. The summed E-state index contributed by atoms with van der Waals surface area (Å²) in [5.41, 5.74) is 9.70. The molecule has 0 amide bonds. The van der Waals surface area contributed by atoms with Crippen molar-refractivity contribution in [2.24, 2.45) is 0 Å². The van der Waals surface area contributed by atoms with Crippen LogP contribution in [0.3, 0.4) is 0 Å². The van der Waals surface area contributed by atoms with E-state index in [-0.39, 0.29) is 0 Å². The Bertz CT molecular complexity index is 2170. The van der Waals surface area contributed by atoms with Crippen LogP contribution in [0.5, 0.6) is 0 Å². The summed E-state index contributed by atoms with van der Waals surface area (Å²) in [5, 5.41) is 7.64. The van der Waals surface area contributed by atoms with Crippen LogP contribution < -0.4 is 0 Å². The van der Waals surface area contributed by atoms with E-state index in [9.17, 15) is 0 Å². The Kier molecular flexibility index (Phi) is 4.89. The van der Waals surface area contributed by atoms with Gasteiger partial charge in [-0.3, -0.25) is 0 Å². The molecule has 0 bridgehead atoms. The van der Waals surface area contributed by atoms with Crippen LogP contribution in [0.1, 0.15) is 0 Å². The van der Waals surface area contributed by atoms with Crippen LogP contribution in [0.2, 0.25) is 0 Å². The van der Waals surface area contributed by atoms with Crippen LogP contribution in [-0.4, -0.2) is 4.98 Å². The van der Waals surface area contributed by atoms with Crippen LogP contribution in [0.4, 0.5) is 0 Å². The lowest BCUT2D eigenvalue weighted by Gasteiger charge is -2.13. The fourth-order valence-corrected chi connectivity index (χ4v) is 6.12. The zero-order valence-corrected chi connectivity index (χ0v) is 21.4. The highest BCUT2D eigenvalue weighted by Gasteiger charge is 2.15. The van der Waals surface area contributed by atoms with Gasteiger partial charge in [-0.1, -0.05) is 115 Å². The quantitative estimate of drug-likeness (QED) is 0.235. The van der Waals surface area contributed by atoms with Crippen molar-refractivity contribution in [1.82, 2.24) is 4.98 Å². The van der Waals surface area contributed by atoms with Crippen molar-refractivity contribution in [3.05, 3.63) is 146 Å². The maximum Gasteiger partial charge on any atom is 0.0544 e. The number of hydrogen-bond acceptors (Lipinski definition) is 0. The van der Waals surface area contributed by atoms with Gasteiger partial charge in [0.15, 0.2) is 0 Å². The van der Waals surface area contributed by atoms with E-state index < -0.39 is 0 Å². The number of para-hydroxylation sites is 1. The van der Waals surface area contributed by atoms with Gasteiger partial charge < -0.3 is 4.98 Å². The summed E-state index contributed by atoms with van der Waals surface area (Å²) in [5.74, 6) is 0. The van der Waals surface area contributed by atoms with Crippen LogP contribution in [0.15, 0.2) is 146 Å². The van der Waals surface area contributed by atoms with E-state index in [1.54, 1.807) is 0 Å². The van der Waals surface area contributed by atoms with Crippen LogP contribution in [0, 0.1) is 0 Å². The summed E-state index contributed by atoms with van der Waals surface area (Å²) in [4.78, 5) is 3.74. The molecule has 0 aliphatic carbocycles. The number of nitrogens with one attached hydrogen (secondary N) is 1. The molecule has 8 rings (SSSR count). The summed E-state index contributed by atoms with van der Waals surface area (Å²) in [6, 6.07) is 52.8. The Morgan fingerprint density at radius 2 is 0.974 bits per heavy atom. The lowest BCUT2D eigenvalue weighted by Crippen LogP contribution is -1.88. The molecule has 0 spiro atoms. The maximum absolute atomic E-state index is 3.74. The van der Waals surface area contributed by atoms with E-state index >= 15 is 0 Å². The van der Waals surface area contributed by atoms with E-state index in [0.717, 1.165) is 5.52 Å². The highest BCUT2D eigenvalue weighted by Crippen LogP contribution is 2.40. The Morgan fingerprint density at radius 1 is 0.333 bits per heavy atom. The van der Waals surface area contributed by atoms with Gasteiger partial charge in [0.1, 0.15) is 0 Å². The molecule has 0 aliphatic rings. The molecule has 7 aromatic carbocycles. The summed E-state index contributed by atoms with van der Waals surface area (Å²) in [7, 11) is 0. The van der Waals surface area contributed by atoms with Gasteiger partial charge in [-0.05, 0) is 79.7 Å². The average molecular weight is 496 g/mol. The standard InChI is InChI=1S/C38H25N/c1-2-11-25(12-3-1)29-23-35(38-36(24-29)33-19-8-9-20-37(33)39-38)27-15-10-14-26(21-27)34-22-28-13-4-5-16-30(28)31-17-6-7-18-32(31)34/h1-24,39H. The molecule has 1 N–H and O–H groups in total. The fourth-order valence-electron chi connectivity index (χ4n) is 6.12. The van der Waals surface area contributed by atoms with Crippen molar-refractivity contribution in [1.29, 1.82) is 0 Å². The van der Waals surface area contributed by atoms with E-state index in [1.807, 2.05) is 0 Å². The first-order chi connectivity index (χ1) is 19.3. The maximum atomic E-state index is 3.74.